The molecule has 1 aromatic heterocycles. The lowest BCUT2D eigenvalue weighted by Crippen LogP contribution is -2.24. The van der Waals surface area contributed by atoms with E-state index in [1.165, 1.54) is 0 Å². The Morgan fingerprint density at radius 1 is 1.56 bits per heavy atom. The van der Waals surface area contributed by atoms with Crippen LogP contribution in [0.25, 0.3) is 0 Å². The fraction of sp³-hybridized carbons (Fsp3) is 0.800. The molecule has 0 aliphatic heterocycles. The molecule has 0 fully saturated rings. The van der Waals surface area contributed by atoms with Gasteiger partial charge in [-0.25, -0.2) is 5.10 Å². The van der Waals surface area contributed by atoms with E-state index >= 15 is 0 Å². The number of hydrogen-bond donors (Lipinski definition) is 1. The zero-order chi connectivity index (χ0) is 12.1. The normalized spacial score (nSPS) is 11.1. The molecule has 1 heterocycles. The lowest BCUT2D eigenvalue weighted by Gasteiger charge is -2.20. The molecular weight excluding hydrogens is 224 g/mol. The summed E-state index contributed by atoms with van der Waals surface area (Å²) in [6, 6.07) is 0.311. The van der Waals surface area contributed by atoms with E-state index in [2.05, 4.69) is 28.9 Å². The molecule has 0 spiro atoms. The van der Waals surface area contributed by atoms with Crippen molar-refractivity contribution in [3.63, 3.8) is 0 Å². The third kappa shape index (κ3) is 3.05. The number of nitrogens with one attached hydrogen (secondary N) is 1. The predicted molar refractivity (Wildman–Crippen MR) is 67.6 cm³/mol. The van der Waals surface area contributed by atoms with Crippen LogP contribution >= 0.6 is 12.2 Å². The molecule has 0 saturated carbocycles. The van der Waals surface area contributed by atoms with Crippen molar-refractivity contribution in [2.45, 2.75) is 26.3 Å². The van der Waals surface area contributed by atoms with Crippen molar-refractivity contribution in [1.82, 2.24) is 14.8 Å². The number of aromatic amines is 1. The van der Waals surface area contributed by atoms with Gasteiger partial charge in [-0.3, -0.25) is 4.57 Å². The summed E-state index contributed by atoms with van der Waals surface area (Å²) in [7, 11) is 3.73. The molecule has 0 atom stereocenters. The van der Waals surface area contributed by atoms with Gasteiger partial charge < -0.3 is 9.64 Å². The van der Waals surface area contributed by atoms with Gasteiger partial charge in [-0.15, -0.1) is 5.10 Å². The minimum absolute atomic E-state index is 0.311. The molecule has 0 saturated heterocycles. The van der Waals surface area contributed by atoms with Gasteiger partial charge in [0.15, 0.2) is 4.77 Å². The van der Waals surface area contributed by atoms with Crippen LogP contribution in [-0.4, -0.2) is 42.1 Å². The summed E-state index contributed by atoms with van der Waals surface area (Å²) in [6.07, 6.45) is 0.977. The molecule has 6 heteroatoms. The zero-order valence-corrected chi connectivity index (χ0v) is 11.2. The minimum atomic E-state index is 0.311. The lowest BCUT2D eigenvalue weighted by molar-refractivity contribution is 0.196. The fourth-order valence-corrected chi connectivity index (χ4v) is 1.92. The summed E-state index contributed by atoms with van der Waals surface area (Å²) in [5.74, 6) is 0.885. The smallest absolute Gasteiger partial charge is 0.225 e. The van der Waals surface area contributed by atoms with Crippen LogP contribution in [0.5, 0.6) is 0 Å². The molecule has 0 aliphatic carbocycles. The first-order valence-electron chi connectivity index (χ1n) is 5.45. The average Bonchev–Trinajstić information content (AvgIpc) is 2.60. The van der Waals surface area contributed by atoms with Crippen LogP contribution in [0.15, 0.2) is 0 Å². The van der Waals surface area contributed by atoms with Crippen molar-refractivity contribution in [2.24, 2.45) is 0 Å². The third-order valence-corrected chi connectivity index (χ3v) is 2.67. The first kappa shape index (κ1) is 13.2. The van der Waals surface area contributed by atoms with Crippen molar-refractivity contribution < 1.29 is 4.74 Å². The van der Waals surface area contributed by atoms with Crippen LogP contribution < -0.4 is 4.90 Å². The topological polar surface area (TPSA) is 46.1 Å². The van der Waals surface area contributed by atoms with Gasteiger partial charge in [-0.05, 0) is 32.5 Å². The van der Waals surface area contributed by atoms with E-state index in [-0.39, 0.29) is 0 Å². The maximum Gasteiger partial charge on any atom is 0.225 e. The van der Waals surface area contributed by atoms with E-state index < -0.39 is 0 Å². The quantitative estimate of drug-likeness (QED) is 0.614. The van der Waals surface area contributed by atoms with E-state index in [0.29, 0.717) is 10.8 Å². The number of anilines is 1. The second-order valence-corrected chi connectivity index (χ2v) is 4.45. The standard InChI is InChI=1S/C10H20N4OS/c1-8(2)14-9(11-12-10(14)16)13(3)6-5-7-15-4/h8H,5-7H2,1-4H3,(H,12,16). The Bertz CT molecular complexity index is 371. The monoisotopic (exact) mass is 244 g/mol. The van der Waals surface area contributed by atoms with Crippen LogP contribution in [0.2, 0.25) is 0 Å². The van der Waals surface area contributed by atoms with Crippen LogP contribution in [0.4, 0.5) is 5.95 Å². The summed E-state index contributed by atoms with van der Waals surface area (Å²) in [6.45, 7) is 5.85. The maximum absolute atomic E-state index is 5.20. The van der Waals surface area contributed by atoms with Gasteiger partial charge in [0.2, 0.25) is 5.95 Å². The highest BCUT2D eigenvalue weighted by Crippen LogP contribution is 2.16. The van der Waals surface area contributed by atoms with E-state index in [1.54, 1.807) is 7.11 Å². The first-order valence-corrected chi connectivity index (χ1v) is 5.85. The number of hydrogen-bond acceptors (Lipinski definition) is 4. The Morgan fingerprint density at radius 2 is 2.25 bits per heavy atom. The van der Waals surface area contributed by atoms with Gasteiger partial charge >= 0.3 is 0 Å². The number of nitrogens with zero attached hydrogens (tertiary/aromatic N) is 3. The Labute approximate surface area is 101 Å². The molecule has 0 radical (unpaired) electrons. The Hall–Kier alpha value is -0.880. The van der Waals surface area contributed by atoms with Gasteiger partial charge in [-0.2, -0.15) is 0 Å². The number of ether oxygens (including phenoxy) is 1. The molecule has 5 nitrogen and oxygen atoms in total. The maximum atomic E-state index is 5.20. The molecule has 0 aromatic carbocycles. The summed E-state index contributed by atoms with van der Waals surface area (Å²) in [4.78, 5) is 2.09. The van der Waals surface area contributed by atoms with E-state index in [9.17, 15) is 0 Å². The van der Waals surface area contributed by atoms with Crippen molar-refractivity contribution in [3.8, 4) is 0 Å². The summed E-state index contributed by atoms with van der Waals surface area (Å²) >= 11 is 5.20. The van der Waals surface area contributed by atoms with E-state index in [1.807, 2.05) is 11.6 Å². The molecule has 16 heavy (non-hydrogen) atoms. The second kappa shape index (κ2) is 6.00. The predicted octanol–water partition coefficient (Wildman–Crippen LogP) is 1.99. The Kier molecular flexibility index (Phi) is 4.95. The van der Waals surface area contributed by atoms with Gasteiger partial charge in [0, 0.05) is 33.4 Å². The zero-order valence-electron chi connectivity index (χ0n) is 10.4. The number of aromatic nitrogens is 3. The number of rotatable bonds is 6. The van der Waals surface area contributed by atoms with Gasteiger partial charge in [0.1, 0.15) is 0 Å². The van der Waals surface area contributed by atoms with Crippen molar-refractivity contribution in [2.75, 3.05) is 32.2 Å². The first-order chi connectivity index (χ1) is 7.57. The largest absolute Gasteiger partial charge is 0.385 e. The van der Waals surface area contributed by atoms with Crippen LogP contribution in [-0.2, 0) is 4.74 Å². The highest BCUT2D eigenvalue weighted by Gasteiger charge is 2.12. The van der Waals surface area contributed by atoms with Crippen molar-refractivity contribution >= 4 is 18.2 Å². The minimum Gasteiger partial charge on any atom is -0.385 e. The summed E-state index contributed by atoms with van der Waals surface area (Å²) in [5, 5.41) is 7.08. The highest BCUT2D eigenvalue weighted by molar-refractivity contribution is 7.71. The average molecular weight is 244 g/mol. The fourth-order valence-electron chi connectivity index (χ4n) is 1.58. The van der Waals surface area contributed by atoms with Crippen molar-refractivity contribution in [3.05, 3.63) is 4.77 Å². The van der Waals surface area contributed by atoms with Crippen molar-refractivity contribution in [1.29, 1.82) is 0 Å². The van der Waals surface area contributed by atoms with Gasteiger partial charge in [0.05, 0.1) is 0 Å². The number of H-pyrrole nitrogens is 1. The summed E-state index contributed by atoms with van der Waals surface area (Å²) < 4.78 is 7.71. The van der Waals surface area contributed by atoms with E-state index in [0.717, 1.165) is 25.5 Å². The van der Waals surface area contributed by atoms with Crippen LogP contribution in [0, 0.1) is 4.77 Å². The summed E-state index contributed by atoms with van der Waals surface area (Å²) in [5.41, 5.74) is 0. The van der Waals surface area contributed by atoms with Crippen LogP contribution in [0.1, 0.15) is 26.3 Å². The molecular formula is C10H20N4OS. The van der Waals surface area contributed by atoms with Gasteiger partial charge in [0.25, 0.3) is 0 Å². The highest BCUT2D eigenvalue weighted by atomic mass is 32.1. The second-order valence-electron chi connectivity index (χ2n) is 4.06. The van der Waals surface area contributed by atoms with Gasteiger partial charge in [-0.1, -0.05) is 0 Å². The molecule has 0 unspecified atom stereocenters. The molecule has 1 N–H and O–H groups in total. The molecule has 1 rings (SSSR count). The molecule has 92 valence electrons. The molecule has 0 bridgehead atoms. The lowest BCUT2D eigenvalue weighted by atomic mass is 10.4. The molecule has 0 amide bonds. The molecule has 1 aromatic rings. The SMILES string of the molecule is COCCCN(C)c1n[nH]c(=S)n1C(C)C. The molecule has 0 aliphatic rings. The third-order valence-electron chi connectivity index (χ3n) is 2.39. The van der Waals surface area contributed by atoms with Crippen LogP contribution in [0.3, 0.4) is 0 Å². The Balaban J connectivity index is 2.75. The number of methoxy groups -OCH3 is 1. The Morgan fingerprint density at radius 3 is 2.81 bits per heavy atom. The van der Waals surface area contributed by atoms with E-state index in [4.69, 9.17) is 17.0 Å².